The van der Waals surface area contributed by atoms with Crippen molar-refractivity contribution in [2.45, 2.75) is 26.1 Å². The van der Waals surface area contributed by atoms with Gasteiger partial charge < -0.3 is 24.6 Å². The summed E-state index contributed by atoms with van der Waals surface area (Å²) in [6.45, 7) is 1.61. The van der Waals surface area contributed by atoms with Crippen LogP contribution in [0.1, 0.15) is 44.9 Å². The molecule has 0 fully saturated rings. The van der Waals surface area contributed by atoms with Gasteiger partial charge in [0, 0.05) is 43.5 Å². The summed E-state index contributed by atoms with van der Waals surface area (Å²) < 4.78 is 34.5. The molecule has 10 heteroatoms. The first-order valence-electron chi connectivity index (χ1n) is 11.4. The van der Waals surface area contributed by atoms with Crippen molar-refractivity contribution in [1.29, 1.82) is 0 Å². The topological polar surface area (TPSA) is 101 Å². The first-order valence-corrected chi connectivity index (χ1v) is 11.4. The summed E-state index contributed by atoms with van der Waals surface area (Å²) >= 11 is 0. The number of aromatic nitrogens is 1. The van der Waals surface area contributed by atoms with Crippen LogP contribution in [0.3, 0.4) is 0 Å². The van der Waals surface area contributed by atoms with Gasteiger partial charge in [-0.15, -0.1) is 0 Å². The molecule has 1 aliphatic rings. The number of fused-ring (bicyclic) bond motifs is 1. The van der Waals surface area contributed by atoms with Crippen LogP contribution in [0.5, 0.6) is 5.75 Å². The molecule has 0 saturated carbocycles. The van der Waals surface area contributed by atoms with E-state index >= 15 is 0 Å². The van der Waals surface area contributed by atoms with Crippen molar-refractivity contribution in [3.8, 4) is 5.75 Å². The van der Waals surface area contributed by atoms with Crippen molar-refractivity contribution in [1.82, 2.24) is 14.8 Å². The van der Waals surface area contributed by atoms with Crippen molar-refractivity contribution in [2.75, 3.05) is 19.7 Å². The molecular formula is C26H25F2N3O5. The van der Waals surface area contributed by atoms with E-state index in [1.165, 1.54) is 21.7 Å². The molecular weight excluding hydrogens is 472 g/mol. The molecule has 3 aromatic rings. The van der Waals surface area contributed by atoms with Crippen LogP contribution in [0.15, 0.2) is 59.5 Å². The number of carbonyl (C=O) groups excluding carboxylic acids is 2. The van der Waals surface area contributed by atoms with Crippen molar-refractivity contribution in [3.63, 3.8) is 0 Å². The maximum absolute atomic E-state index is 14.0. The summed E-state index contributed by atoms with van der Waals surface area (Å²) in [4.78, 5) is 41.0. The van der Waals surface area contributed by atoms with Gasteiger partial charge in [0.05, 0.1) is 6.61 Å². The highest BCUT2D eigenvalue weighted by Gasteiger charge is 2.34. The molecule has 1 aliphatic heterocycles. The first-order chi connectivity index (χ1) is 17.3. The summed E-state index contributed by atoms with van der Waals surface area (Å²) in [7, 11) is 0. The summed E-state index contributed by atoms with van der Waals surface area (Å²) in [5.74, 6) is -3.14. The predicted molar refractivity (Wildman–Crippen MR) is 127 cm³/mol. The average molecular weight is 497 g/mol. The minimum Gasteiger partial charge on any atom is -0.483 e. The van der Waals surface area contributed by atoms with Gasteiger partial charge in [0.2, 0.25) is 5.43 Å². The number of aliphatic hydroxyl groups is 1. The van der Waals surface area contributed by atoms with Crippen LogP contribution in [0.4, 0.5) is 8.78 Å². The van der Waals surface area contributed by atoms with Gasteiger partial charge >= 0.3 is 0 Å². The Hall–Kier alpha value is -4.05. The molecule has 36 heavy (non-hydrogen) atoms. The Balaban J connectivity index is 1.71. The highest BCUT2D eigenvalue weighted by Crippen LogP contribution is 2.27. The van der Waals surface area contributed by atoms with Gasteiger partial charge in [0.25, 0.3) is 11.8 Å². The highest BCUT2D eigenvalue weighted by atomic mass is 19.1. The Kier molecular flexibility index (Phi) is 7.44. The third-order valence-corrected chi connectivity index (χ3v) is 5.94. The maximum Gasteiger partial charge on any atom is 0.274 e. The number of β-amino-alcohol motifs (C(OH)–C–C–N with tert-alkyl or cyclic N) is 1. The van der Waals surface area contributed by atoms with Crippen molar-refractivity contribution in [3.05, 3.63) is 99.0 Å². The van der Waals surface area contributed by atoms with E-state index < -0.39 is 28.9 Å². The number of halogens is 2. The number of nitrogens with zero attached hydrogens (tertiary/aromatic N) is 2. The molecule has 0 saturated heterocycles. The van der Waals surface area contributed by atoms with Crippen LogP contribution in [-0.4, -0.2) is 46.1 Å². The molecule has 0 bridgehead atoms. The molecule has 4 rings (SSSR count). The Morgan fingerprint density at radius 2 is 1.92 bits per heavy atom. The zero-order valence-electron chi connectivity index (χ0n) is 19.5. The smallest absolute Gasteiger partial charge is 0.274 e. The molecule has 1 aromatic heterocycles. The van der Waals surface area contributed by atoms with Gasteiger partial charge in [-0.1, -0.05) is 36.4 Å². The van der Waals surface area contributed by atoms with Crippen molar-refractivity contribution < 1.29 is 28.2 Å². The number of carbonyl (C=O) groups is 2. The van der Waals surface area contributed by atoms with E-state index in [0.29, 0.717) is 6.07 Å². The summed E-state index contributed by atoms with van der Waals surface area (Å²) in [6, 6.07) is 11.7. The van der Waals surface area contributed by atoms with E-state index in [0.717, 1.165) is 11.6 Å². The minimum atomic E-state index is -0.826. The molecule has 8 nitrogen and oxygen atoms in total. The lowest BCUT2D eigenvalue weighted by atomic mass is 10.1. The monoisotopic (exact) mass is 497 g/mol. The van der Waals surface area contributed by atoms with E-state index in [1.54, 1.807) is 31.2 Å². The summed E-state index contributed by atoms with van der Waals surface area (Å²) in [5, 5.41) is 11.8. The first kappa shape index (κ1) is 25.1. The number of benzene rings is 2. The van der Waals surface area contributed by atoms with Gasteiger partial charge in [-0.25, -0.2) is 8.78 Å². The van der Waals surface area contributed by atoms with Gasteiger partial charge in [0.1, 0.15) is 23.8 Å². The molecule has 1 atom stereocenters. The third-order valence-electron chi connectivity index (χ3n) is 5.94. The summed E-state index contributed by atoms with van der Waals surface area (Å²) in [5.41, 5.74) is -0.281. The second-order valence-corrected chi connectivity index (χ2v) is 8.47. The van der Waals surface area contributed by atoms with Crippen LogP contribution in [0, 0.1) is 11.6 Å². The SMILES string of the molecule is C[C@H]1CN(CCO)C(=O)c2c(OCc3ccccc3)c(=O)c(C(=O)NCc3ccc(F)cc3F)cn21. The molecule has 2 N–H and O–H groups in total. The van der Waals surface area contributed by atoms with E-state index in [2.05, 4.69) is 5.32 Å². The van der Waals surface area contributed by atoms with E-state index in [1.807, 2.05) is 6.07 Å². The second-order valence-electron chi connectivity index (χ2n) is 8.47. The van der Waals surface area contributed by atoms with Gasteiger partial charge in [-0.05, 0) is 18.6 Å². The summed E-state index contributed by atoms with van der Waals surface area (Å²) in [6.07, 6.45) is 1.29. The standard InChI is InChI=1S/C26H25F2N3O5/c1-16-13-30(9-10-32)26(35)22-24(36-15-17-5-3-2-4-6-17)23(33)20(14-31(16)22)25(34)29-12-18-7-8-19(27)11-21(18)28/h2-8,11,14,16,32H,9-10,12-13,15H2,1H3,(H,29,34)/t16-/m0/s1. The zero-order chi connectivity index (χ0) is 25.8. The fourth-order valence-electron chi connectivity index (χ4n) is 4.08. The lowest BCUT2D eigenvalue weighted by Gasteiger charge is -2.35. The molecule has 0 aliphatic carbocycles. The van der Waals surface area contributed by atoms with Gasteiger partial charge in [-0.3, -0.25) is 14.4 Å². The fourth-order valence-corrected chi connectivity index (χ4v) is 4.08. The van der Waals surface area contributed by atoms with Crippen molar-refractivity contribution in [2.24, 2.45) is 0 Å². The normalized spacial score (nSPS) is 14.9. The van der Waals surface area contributed by atoms with Gasteiger partial charge in [-0.2, -0.15) is 0 Å². The molecule has 0 spiro atoms. The van der Waals surface area contributed by atoms with Crippen LogP contribution in [-0.2, 0) is 13.2 Å². The zero-order valence-corrected chi connectivity index (χ0v) is 19.5. The Bertz CT molecular complexity index is 1340. The number of pyridine rings is 1. The third kappa shape index (κ3) is 5.13. The quantitative estimate of drug-likeness (QED) is 0.499. The average Bonchev–Trinajstić information content (AvgIpc) is 2.86. The number of hydrogen-bond donors (Lipinski definition) is 2. The molecule has 2 aromatic carbocycles. The lowest BCUT2D eigenvalue weighted by molar-refractivity contribution is 0.0625. The number of aliphatic hydroxyl groups excluding tert-OH is 1. The largest absolute Gasteiger partial charge is 0.483 e. The fraction of sp³-hybridized carbons (Fsp3) is 0.269. The van der Waals surface area contributed by atoms with Gasteiger partial charge in [0.15, 0.2) is 11.4 Å². The number of ether oxygens (including phenoxy) is 1. The second kappa shape index (κ2) is 10.7. The Morgan fingerprint density at radius 3 is 2.61 bits per heavy atom. The molecule has 188 valence electrons. The predicted octanol–water partition coefficient (Wildman–Crippen LogP) is 2.64. The maximum atomic E-state index is 14.0. The molecule has 2 heterocycles. The molecule has 2 amide bonds. The van der Waals surface area contributed by atoms with Crippen molar-refractivity contribution >= 4 is 11.8 Å². The van der Waals surface area contributed by atoms with E-state index in [-0.39, 0.29) is 61.5 Å². The lowest BCUT2D eigenvalue weighted by Crippen LogP contribution is -2.46. The van der Waals surface area contributed by atoms with Crippen LogP contribution in [0.2, 0.25) is 0 Å². The van der Waals surface area contributed by atoms with Crippen LogP contribution in [0.25, 0.3) is 0 Å². The Morgan fingerprint density at radius 1 is 1.17 bits per heavy atom. The highest BCUT2D eigenvalue weighted by molar-refractivity contribution is 5.99. The number of amides is 2. The number of nitrogens with one attached hydrogen (secondary N) is 1. The number of hydrogen-bond acceptors (Lipinski definition) is 5. The van der Waals surface area contributed by atoms with Crippen LogP contribution < -0.4 is 15.5 Å². The Labute approximate surface area is 205 Å². The molecule has 0 unspecified atom stereocenters. The van der Waals surface area contributed by atoms with E-state index in [4.69, 9.17) is 4.74 Å². The number of rotatable bonds is 8. The minimum absolute atomic E-state index is 0.00994. The molecule has 0 radical (unpaired) electrons. The van der Waals surface area contributed by atoms with E-state index in [9.17, 15) is 28.3 Å². The van der Waals surface area contributed by atoms with Crippen LogP contribution >= 0.6 is 0 Å².